The molecule has 0 aliphatic heterocycles. The summed E-state index contributed by atoms with van der Waals surface area (Å²) < 4.78 is 0. The lowest BCUT2D eigenvalue weighted by atomic mass is 9.84. The highest BCUT2D eigenvalue weighted by Crippen LogP contribution is 2.35. The summed E-state index contributed by atoms with van der Waals surface area (Å²) in [5.41, 5.74) is 4.95. The number of pyridine rings is 2. The fourth-order valence-corrected chi connectivity index (χ4v) is 5.05. The molecule has 0 spiro atoms. The van der Waals surface area contributed by atoms with Crippen LogP contribution in [0, 0.1) is 6.92 Å². The maximum absolute atomic E-state index is 13.6. The Bertz CT molecular complexity index is 1680. The van der Waals surface area contributed by atoms with E-state index in [0.717, 1.165) is 33.2 Å². The largest absolute Gasteiger partial charge is 0.354 e. The second-order valence-corrected chi connectivity index (χ2v) is 8.38. The molecule has 2 N–H and O–H groups in total. The minimum absolute atomic E-state index is 0.00649. The van der Waals surface area contributed by atoms with Crippen molar-refractivity contribution in [1.82, 2.24) is 9.97 Å². The molecule has 1 radical (unpaired) electrons. The summed E-state index contributed by atoms with van der Waals surface area (Å²) in [6.07, 6.45) is 0.511. The molecule has 0 bridgehead atoms. The van der Waals surface area contributed by atoms with Gasteiger partial charge in [0.1, 0.15) is 0 Å². The first-order valence-electron chi connectivity index (χ1n) is 11.0. The van der Waals surface area contributed by atoms with Gasteiger partial charge in [0.05, 0.1) is 11.0 Å². The van der Waals surface area contributed by atoms with Crippen LogP contribution in [-0.4, -0.2) is 9.97 Å². The number of H-pyrrole nitrogens is 2. The van der Waals surface area contributed by atoms with Crippen molar-refractivity contribution in [3.63, 3.8) is 0 Å². The van der Waals surface area contributed by atoms with Crippen LogP contribution in [0.3, 0.4) is 0 Å². The maximum atomic E-state index is 13.6. The van der Waals surface area contributed by atoms with Gasteiger partial charge < -0.3 is 9.97 Å². The molecule has 6 aromatic rings. The van der Waals surface area contributed by atoms with Gasteiger partial charge in [-0.15, -0.1) is 0 Å². The zero-order valence-corrected chi connectivity index (χ0v) is 17.9. The predicted octanol–water partition coefficient (Wildman–Crippen LogP) is 6.03. The van der Waals surface area contributed by atoms with Gasteiger partial charge in [-0.25, -0.2) is 0 Å². The number of fused-ring (bicyclic) bond motifs is 4. The first-order chi connectivity index (χ1) is 16.2. The van der Waals surface area contributed by atoms with Crippen LogP contribution >= 0.6 is 0 Å². The van der Waals surface area contributed by atoms with Crippen LogP contribution in [0.4, 0.5) is 0 Å². The van der Waals surface area contributed by atoms with Gasteiger partial charge in [0, 0.05) is 38.5 Å². The van der Waals surface area contributed by atoms with Crippen LogP contribution in [0.15, 0.2) is 94.5 Å². The second kappa shape index (κ2) is 7.45. The van der Waals surface area contributed by atoms with E-state index in [-0.39, 0.29) is 16.8 Å². The predicted molar refractivity (Wildman–Crippen MR) is 136 cm³/mol. The molecule has 0 atom stereocenters. The fraction of sp³-hybridized carbons (Fsp3) is 0.0690. The molecule has 0 aliphatic rings. The van der Waals surface area contributed by atoms with Crippen molar-refractivity contribution in [3.05, 3.63) is 123 Å². The number of para-hydroxylation sites is 2. The monoisotopic (exact) mass is 429 g/mol. The van der Waals surface area contributed by atoms with Gasteiger partial charge in [-0.3, -0.25) is 9.59 Å². The van der Waals surface area contributed by atoms with Gasteiger partial charge in [0.15, 0.2) is 10.9 Å². The molecule has 0 aliphatic carbocycles. The zero-order valence-electron chi connectivity index (χ0n) is 17.9. The van der Waals surface area contributed by atoms with Crippen LogP contribution in [0.2, 0.25) is 0 Å². The van der Waals surface area contributed by atoms with E-state index in [0.29, 0.717) is 28.0 Å². The van der Waals surface area contributed by atoms with Crippen molar-refractivity contribution in [1.29, 1.82) is 0 Å². The Hall–Kier alpha value is -4.18. The van der Waals surface area contributed by atoms with Crippen molar-refractivity contribution in [2.75, 3.05) is 0 Å². The third-order valence-corrected chi connectivity index (χ3v) is 6.57. The van der Waals surface area contributed by atoms with Gasteiger partial charge >= 0.3 is 0 Å². The van der Waals surface area contributed by atoms with Crippen molar-refractivity contribution in [3.8, 4) is 0 Å². The molecule has 6 rings (SSSR count). The molecule has 2 aromatic heterocycles. The Morgan fingerprint density at radius 2 is 1.00 bits per heavy atom. The van der Waals surface area contributed by atoms with E-state index in [1.54, 1.807) is 0 Å². The molecule has 2 heterocycles. The molecule has 0 unspecified atom stereocenters. The molecule has 4 nitrogen and oxygen atoms in total. The second-order valence-electron chi connectivity index (χ2n) is 8.38. The minimum atomic E-state index is -0.207. The number of aromatic nitrogens is 2. The Morgan fingerprint density at radius 1 is 0.576 bits per heavy atom. The summed E-state index contributed by atoms with van der Waals surface area (Å²) in [7, 11) is 0. The molecule has 33 heavy (non-hydrogen) atoms. The fourth-order valence-electron chi connectivity index (χ4n) is 5.05. The number of aromatic amines is 2. The Morgan fingerprint density at radius 3 is 1.45 bits per heavy atom. The smallest absolute Gasteiger partial charge is 0.197 e. The van der Waals surface area contributed by atoms with Gasteiger partial charge in [0.2, 0.25) is 0 Å². The number of hydrogen-bond acceptors (Lipinski definition) is 2. The highest BCUT2D eigenvalue weighted by molar-refractivity contribution is 5.97. The number of hydrogen-bond donors (Lipinski definition) is 2. The molecule has 0 saturated carbocycles. The topological polar surface area (TPSA) is 65.7 Å². The number of rotatable bonds is 3. The van der Waals surface area contributed by atoms with E-state index in [4.69, 9.17) is 0 Å². The zero-order chi connectivity index (χ0) is 22.5. The molecule has 0 saturated heterocycles. The van der Waals surface area contributed by atoms with E-state index < -0.39 is 0 Å². The summed E-state index contributed by atoms with van der Waals surface area (Å²) in [5.74, 6) is -0.207. The normalized spacial score (nSPS) is 11.8. The van der Waals surface area contributed by atoms with Crippen molar-refractivity contribution in [2.45, 2.75) is 12.3 Å². The Balaban J connectivity index is 1.70. The minimum Gasteiger partial charge on any atom is -0.354 e. The van der Waals surface area contributed by atoms with Crippen LogP contribution in [-0.2, 0) is 0 Å². The van der Waals surface area contributed by atoms with E-state index >= 15 is 0 Å². The molecular weight excluding hydrogens is 408 g/mol. The first kappa shape index (κ1) is 19.5. The van der Waals surface area contributed by atoms with Gasteiger partial charge in [0.25, 0.3) is 0 Å². The third-order valence-electron chi connectivity index (χ3n) is 6.57. The average molecular weight is 429 g/mol. The molecular formula is C29H21N2O2. The molecule has 0 fully saturated rings. The van der Waals surface area contributed by atoms with E-state index in [1.165, 1.54) is 0 Å². The SMILES string of the molecule is [CH2]CC(c1cccc2[nH]c3ccccc3c(=O)c12)c1cccc2[nH]c3ccccc3c(=O)c12. The van der Waals surface area contributed by atoms with Crippen molar-refractivity contribution >= 4 is 43.6 Å². The molecule has 4 heteroatoms. The summed E-state index contributed by atoms with van der Waals surface area (Å²) in [4.78, 5) is 33.9. The van der Waals surface area contributed by atoms with Crippen LogP contribution in [0.5, 0.6) is 0 Å². The molecule has 159 valence electrons. The van der Waals surface area contributed by atoms with E-state index in [2.05, 4.69) is 16.9 Å². The maximum Gasteiger partial charge on any atom is 0.197 e. The van der Waals surface area contributed by atoms with E-state index in [9.17, 15) is 9.59 Å². The van der Waals surface area contributed by atoms with Gasteiger partial charge in [-0.1, -0.05) is 55.5 Å². The lowest BCUT2D eigenvalue weighted by molar-refractivity contribution is 0.841. The highest BCUT2D eigenvalue weighted by atomic mass is 16.1. The lowest BCUT2D eigenvalue weighted by Crippen LogP contribution is -2.13. The van der Waals surface area contributed by atoms with Crippen LogP contribution in [0.25, 0.3) is 43.6 Å². The summed E-state index contributed by atoms with van der Waals surface area (Å²) in [6, 6.07) is 26.8. The molecule has 0 amide bonds. The Labute approximate surface area is 189 Å². The van der Waals surface area contributed by atoms with Crippen molar-refractivity contribution in [2.24, 2.45) is 0 Å². The van der Waals surface area contributed by atoms with Gasteiger partial charge in [-0.05, 0) is 53.9 Å². The first-order valence-corrected chi connectivity index (χ1v) is 11.0. The lowest BCUT2D eigenvalue weighted by Gasteiger charge is -2.20. The average Bonchev–Trinajstić information content (AvgIpc) is 2.85. The highest BCUT2D eigenvalue weighted by Gasteiger charge is 2.21. The summed E-state index contributed by atoms with van der Waals surface area (Å²) in [6.45, 7) is 4.21. The molecule has 4 aromatic carbocycles. The number of benzene rings is 4. The third kappa shape index (κ3) is 2.91. The quantitative estimate of drug-likeness (QED) is 0.337. The number of nitrogens with one attached hydrogen (secondary N) is 2. The van der Waals surface area contributed by atoms with Crippen molar-refractivity contribution < 1.29 is 0 Å². The van der Waals surface area contributed by atoms with Crippen LogP contribution < -0.4 is 10.9 Å². The standard InChI is InChI=1S/C29H21N2O2/c1-2-17(18-11-7-15-24-26(18)28(32)20-9-3-5-13-22(20)30-24)19-12-8-16-25-27(19)29(33)21-10-4-6-14-23(21)31-25/h3-17H,1-2H2,(H,30,32)(H,31,33). The Kier molecular flexibility index (Phi) is 4.40. The van der Waals surface area contributed by atoms with E-state index in [1.807, 2.05) is 84.9 Å². The summed E-state index contributed by atoms with van der Waals surface area (Å²) in [5, 5.41) is 2.61. The van der Waals surface area contributed by atoms with Crippen LogP contribution in [0.1, 0.15) is 23.5 Å². The summed E-state index contributed by atoms with van der Waals surface area (Å²) >= 11 is 0. The van der Waals surface area contributed by atoms with Gasteiger partial charge in [-0.2, -0.15) is 0 Å².